The highest BCUT2D eigenvalue weighted by Gasteiger charge is 2.34. The number of likely N-dealkylation sites (N-methyl/N-ethyl adjacent to an activating group) is 1. The van der Waals surface area contributed by atoms with E-state index in [2.05, 4.69) is 0 Å². The third kappa shape index (κ3) is 1.86. The molecule has 0 saturated carbocycles. The van der Waals surface area contributed by atoms with Gasteiger partial charge in [-0.15, -0.1) is 0 Å². The molecule has 17 heavy (non-hydrogen) atoms. The predicted molar refractivity (Wildman–Crippen MR) is 54.2 cm³/mol. The number of furan rings is 1. The van der Waals surface area contributed by atoms with Crippen molar-refractivity contribution in [3.8, 4) is 0 Å². The first kappa shape index (κ1) is 11.2. The molecule has 0 aromatic carbocycles. The van der Waals surface area contributed by atoms with Crippen molar-refractivity contribution < 1.29 is 23.9 Å². The molecule has 0 radical (unpaired) electrons. The molecule has 7 heteroatoms. The molecular formula is C10H10N2O5. The second-order valence-corrected chi connectivity index (χ2v) is 3.68. The summed E-state index contributed by atoms with van der Waals surface area (Å²) in [5.74, 6) is -1.43. The summed E-state index contributed by atoms with van der Waals surface area (Å²) in [6.07, 6.45) is 1.22. The van der Waals surface area contributed by atoms with Gasteiger partial charge in [0.2, 0.25) is 0 Å². The topological polar surface area (TPSA) is 91.1 Å². The summed E-state index contributed by atoms with van der Waals surface area (Å²) in [6, 6.07) is 0.828. The van der Waals surface area contributed by atoms with Gasteiger partial charge in [0.25, 0.3) is 5.91 Å². The van der Waals surface area contributed by atoms with Gasteiger partial charge in [-0.05, 0) is 6.07 Å². The molecule has 1 N–H and O–H groups in total. The Bertz CT molecular complexity index is 493. The normalized spacial score (nSPS) is 15.8. The van der Waals surface area contributed by atoms with E-state index in [0.717, 1.165) is 4.90 Å². The zero-order chi connectivity index (χ0) is 12.6. The van der Waals surface area contributed by atoms with Crippen LogP contribution < -0.4 is 0 Å². The van der Waals surface area contributed by atoms with Crippen LogP contribution in [0.15, 0.2) is 16.7 Å². The molecule has 1 aliphatic heterocycles. The maximum atomic E-state index is 11.6. The lowest BCUT2D eigenvalue weighted by atomic mass is 10.2. The number of hydrogen-bond acceptors (Lipinski definition) is 4. The Morgan fingerprint density at radius 3 is 2.76 bits per heavy atom. The summed E-state index contributed by atoms with van der Waals surface area (Å²) >= 11 is 0. The fraction of sp³-hybridized carbons (Fsp3) is 0.300. The highest BCUT2D eigenvalue weighted by atomic mass is 16.4. The second kappa shape index (κ2) is 3.93. The number of imide groups is 1. The van der Waals surface area contributed by atoms with Gasteiger partial charge in [-0.3, -0.25) is 9.69 Å². The lowest BCUT2D eigenvalue weighted by Gasteiger charge is -2.12. The van der Waals surface area contributed by atoms with E-state index in [1.165, 1.54) is 24.3 Å². The Balaban J connectivity index is 2.21. The maximum absolute atomic E-state index is 11.6. The first-order valence-corrected chi connectivity index (χ1v) is 4.86. The molecule has 0 bridgehead atoms. The van der Waals surface area contributed by atoms with Crippen molar-refractivity contribution in [2.45, 2.75) is 6.54 Å². The Morgan fingerprint density at radius 1 is 1.53 bits per heavy atom. The molecule has 0 atom stereocenters. The zero-order valence-corrected chi connectivity index (χ0v) is 9.04. The van der Waals surface area contributed by atoms with Gasteiger partial charge >= 0.3 is 12.0 Å². The summed E-state index contributed by atoms with van der Waals surface area (Å²) in [5.41, 5.74) is -0.0415. The Hall–Kier alpha value is -2.31. The molecule has 1 fully saturated rings. The van der Waals surface area contributed by atoms with Gasteiger partial charge in [0.1, 0.15) is 17.9 Å². The lowest BCUT2D eigenvalue weighted by Crippen LogP contribution is -2.31. The van der Waals surface area contributed by atoms with E-state index in [9.17, 15) is 14.4 Å². The Morgan fingerprint density at radius 2 is 2.24 bits per heavy atom. The fourth-order valence-electron chi connectivity index (χ4n) is 1.62. The molecule has 1 aromatic heterocycles. The van der Waals surface area contributed by atoms with Gasteiger partial charge < -0.3 is 14.4 Å². The summed E-state index contributed by atoms with van der Waals surface area (Å²) < 4.78 is 4.97. The van der Waals surface area contributed by atoms with E-state index in [1.54, 1.807) is 0 Å². The van der Waals surface area contributed by atoms with Gasteiger partial charge in [-0.1, -0.05) is 0 Å². The summed E-state index contributed by atoms with van der Waals surface area (Å²) in [4.78, 5) is 36.1. The quantitative estimate of drug-likeness (QED) is 0.768. The smallest absolute Gasteiger partial charge is 0.339 e. The first-order valence-electron chi connectivity index (χ1n) is 4.86. The number of urea groups is 1. The van der Waals surface area contributed by atoms with Crippen molar-refractivity contribution in [1.82, 2.24) is 9.80 Å². The van der Waals surface area contributed by atoms with Crippen LogP contribution in [0, 0.1) is 0 Å². The third-order valence-electron chi connectivity index (χ3n) is 2.51. The Labute approximate surface area is 96.2 Å². The van der Waals surface area contributed by atoms with Crippen LogP contribution in [0.4, 0.5) is 4.79 Å². The minimum atomic E-state index is -1.15. The van der Waals surface area contributed by atoms with Crippen molar-refractivity contribution in [2.75, 3.05) is 13.6 Å². The molecular weight excluding hydrogens is 228 g/mol. The number of carbonyl (C=O) groups is 3. The van der Waals surface area contributed by atoms with Crippen LogP contribution in [0.25, 0.3) is 0 Å². The fourth-order valence-corrected chi connectivity index (χ4v) is 1.62. The molecule has 0 aliphatic carbocycles. The van der Waals surface area contributed by atoms with Crippen LogP contribution in [0.1, 0.15) is 16.1 Å². The molecule has 1 saturated heterocycles. The highest BCUT2D eigenvalue weighted by molar-refractivity contribution is 6.01. The largest absolute Gasteiger partial charge is 0.478 e. The minimum absolute atomic E-state index is 0.00193. The number of carbonyl (C=O) groups excluding carboxylic acids is 2. The van der Waals surface area contributed by atoms with E-state index in [4.69, 9.17) is 9.52 Å². The van der Waals surface area contributed by atoms with Gasteiger partial charge in [-0.25, -0.2) is 9.59 Å². The molecule has 2 rings (SSSR count). The highest BCUT2D eigenvalue weighted by Crippen LogP contribution is 2.17. The van der Waals surface area contributed by atoms with Crippen LogP contribution in [0.2, 0.25) is 0 Å². The standard InChI is InChI=1S/C10H10N2O5/c1-11-5-8(13)12(10(11)16)4-7-6(9(14)15)2-3-17-7/h2-3H,4-5H2,1H3,(H,14,15). The molecule has 0 unspecified atom stereocenters. The SMILES string of the molecule is CN1CC(=O)N(Cc2occc2C(=O)O)C1=O. The van der Waals surface area contributed by atoms with E-state index >= 15 is 0 Å². The summed E-state index contributed by atoms with van der Waals surface area (Å²) in [5, 5.41) is 8.85. The monoisotopic (exact) mass is 238 g/mol. The van der Waals surface area contributed by atoms with Crippen molar-refractivity contribution >= 4 is 17.9 Å². The number of hydrogen-bond donors (Lipinski definition) is 1. The molecule has 1 aliphatic rings. The molecule has 1 aromatic rings. The number of amides is 3. The molecule has 2 heterocycles. The lowest BCUT2D eigenvalue weighted by molar-refractivity contribution is -0.125. The van der Waals surface area contributed by atoms with E-state index in [1.807, 2.05) is 0 Å². The van der Waals surface area contributed by atoms with E-state index in [-0.39, 0.29) is 30.3 Å². The Kier molecular flexibility index (Phi) is 2.58. The first-order chi connectivity index (χ1) is 8.00. The van der Waals surface area contributed by atoms with Crippen molar-refractivity contribution in [1.29, 1.82) is 0 Å². The van der Waals surface area contributed by atoms with E-state index < -0.39 is 12.0 Å². The second-order valence-electron chi connectivity index (χ2n) is 3.68. The predicted octanol–water partition coefficient (Wildman–Crippen LogP) is 0.372. The molecule has 90 valence electrons. The maximum Gasteiger partial charge on any atom is 0.339 e. The minimum Gasteiger partial charge on any atom is -0.478 e. The average molecular weight is 238 g/mol. The van der Waals surface area contributed by atoms with Crippen molar-refractivity contribution in [2.24, 2.45) is 0 Å². The van der Waals surface area contributed by atoms with Gasteiger partial charge in [0.05, 0.1) is 12.8 Å². The number of aromatic carboxylic acids is 1. The summed E-state index contributed by atoms with van der Waals surface area (Å²) in [6.45, 7) is -0.154. The third-order valence-corrected chi connectivity index (χ3v) is 2.51. The number of rotatable bonds is 3. The summed E-state index contributed by atoms with van der Waals surface area (Å²) in [7, 11) is 1.50. The van der Waals surface area contributed by atoms with Crippen LogP contribution in [-0.2, 0) is 11.3 Å². The van der Waals surface area contributed by atoms with Gasteiger partial charge in [0, 0.05) is 7.05 Å². The number of nitrogens with zero attached hydrogens (tertiary/aromatic N) is 2. The van der Waals surface area contributed by atoms with Crippen LogP contribution >= 0.6 is 0 Å². The average Bonchev–Trinajstić information content (AvgIpc) is 2.80. The van der Waals surface area contributed by atoms with Crippen LogP contribution in [-0.4, -0.2) is 46.4 Å². The molecule has 3 amide bonds. The van der Waals surface area contributed by atoms with Crippen LogP contribution in [0.5, 0.6) is 0 Å². The molecule has 0 spiro atoms. The zero-order valence-electron chi connectivity index (χ0n) is 9.04. The van der Waals surface area contributed by atoms with E-state index in [0.29, 0.717) is 0 Å². The molecule has 7 nitrogen and oxygen atoms in total. The number of carboxylic acid groups (broad SMARTS) is 1. The van der Waals surface area contributed by atoms with Crippen molar-refractivity contribution in [3.05, 3.63) is 23.7 Å². The van der Waals surface area contributed by atoms with Gasteiger partial charge in [-0.2, -0.15) is 0 Å². The van der Waals surface area contributed by atoms with Gasteiger partial charge in [0.15, 0.2) is 0 Å². The van der Waals surface area contributed by atoms with Crippen molar-refractivity contribution in [3.63, 3.8) is 0 Å². The van der Waals surface area contributed by atoms with Crippen LogP contribution in [0.3, 0.4) is 0 Å². The number of carboxylic acids is 1.